The van der Waals surface area contributed by atoms with E-state index in [1.54, 1.807) is 18.2 Å². The summed E-state index contributed by atoms with van der Waals surface area (Å²) < 4.78 is 0. The van der Waals surface area contributed by atoms with Crippen molar-refractivity contribution in [1.29, 1.82) is 0 Å². The van der Waals surface area contributed by atoms with Crippen LogP contribution in [0.5, 0.6) is 0 Å². The van der Waals surface area contributed by atoms with Crippen molar-refractivity contribution < 1.29 is 4.79 Å². The summed E-state index contributed by atoms with van der Waals surface area (Å²) in [6, 6.07) is 5.47. The van der Waals surface area contributed by atoms with E-state index in [0.29, 0.717) is 34.0 Å². The Labute approximate surface area is 123 Å². The Balaban J connectivity index is 1.69. The average molecular weight is 298 g/mol. The van der Waals surface area contributed by atoms with Gasteiger partial charge in [-0.15, -0.1) is 0 Å². The van der Waals surface area contributed by atoms with Crippen molar-refractivity contribution in [3.63, 3.8) is 0 Å². The fraction of sp³-hybridized carbons (Fsp3) is 0.533. The van der Waals surface area contributed by atoms with E-state index in [1.807, 2.05) is 0 Å². The summed E-state index contributed by atoms with van der Waals surface area (Å²) in [5, 5.41) is 4.45. The first-order valence-electron chi connectivity index (χ1n) is 6.87. The summed E-state index contributed by atoms with van der Waals surface area (Å²) >= 11 is 11.8. The van der Waals surface area contributed by atoms with Gasteiger partial charge in [0.2, 0.25) is 0 Å². The molecule has 1 aliphatic heterocycles. The number of fused-ring (bicyclic) bond motifs is 1. The number of hydrogen-bond acceptors (Lipinski definition) is 2. The van der Waals surface area contributed by atoms with E-state index >= 15 is 0 Å². The van der Waals surface area contributed by atoms with Gasteiger partial charge < -0.3 is 5.32 Å². The Morgan fingerprint density at radius 3 is 2.89 bits per heavy atom. The molecule has 1 aromatic rings. The van der Waals surface area contributed by atoms with Gasteiger partial charge in [-0.25, -0.2) is 0 Å². The second-order valence-electron chi connectivity index (χ2n) is 5.63. The first kappa shape index (κ1) is 13.4. The Hall–Kier alpha value is -0.570. The van der Waals surface area contributed by atoms with E-state index in [4.69, 9.17) is 23.2 Å². The van der Waals surface area contributed by atoms with Crippen molar-refractivity contribution in [3.05, 3.63) is 33.8 Å². The Morgan fingerprint density at radius 1 is 1.26 bits per heavy atom. The van der Waals surface area contributed by atoms with Gasteiger partial charge in [0.15, 0.2) is 5.78 Å². The molecule has 2 fully saturated rings. The lowest BCUT2D eigenvalue weighted by Gasteiger charge is -2.17. The van der Waals surface area contributed by atoms with E-state index in [-0.39, 0.29) is 5.78 Å². The van der Waals surface area contributed by atoms with Gasteiger partial charge in [0, 0.05) is 18.0 Å². The maximum absolute atomic E-state index is 12.3. The van der Waals surface area contributed by atoms with Gasteiger partial charge in [-0.2, -0.15) is 0 Å². The molecule has 3 unspecified atom stereocenters. The molecule has 2 aliphatic rings. The average Bonchev–Trinajstić information content (AvgIpc) is 2.97. The summed E-state index contributed by atoms with van der Waals surface area (Å²) in [5.74, 6) is 1.63. The zero-order chi connectivity index (χ0) is 13.4. The molecule has 4 heteroatoms. The fourth-order valence-electron chi connectivity index (χ4n) is 3.51. The number of benzene rings is 1. The van der Waals surface area contributed by atoms with Crippen LogP contribution in [-0.2, 0) is 0 Å². The normalized spacial score (nSPS) is 29.5. The van der Waals surface area contributed by atoms with Gasteiger partial charge in [-0.05, 0) is 49.4 Å². The predicted octanol–water partition coefficient (Wildman–Crippen LogP) is 3.95. The molecule has 3 atom stereocenters. The van der Waals surface area contributed by atoms with Gasteiger partial charge in [-0.1, -0.05) is 29.6 Å². The highest BCUT2D eigenvalue weighted by atomic mass is 35.5. The van der Waals surface area contributed by atoms with Crippen LogP contribution in [0.15, 0.2) is 18.2 Å². The van der Waals surface area contributed by atoms with Crippen molar-refractivity contribution >= 4 is 29.0 Å². The van der Waals surface area contributed by atoms with Crippen molar-refractivity contribution in [2.24, 2.45) is 11.8 Å². The second kappa shape index (κ2) is 5.43. The number of Topliss-reactive ketones (excluding diaryl/α,β-unsaturated/α-hetero) is 1. The van der Waals surface area contributed by atoms with Crippen LogP contribution in [-0.4, -0.2) is 18.4 Å². The summed E-state index contributed by atoms with van der Waals surface area (Å²) in [4.78, 5) is 12.3. The SMILES string of the molecule is O=C(CC1NCC2CCCC21)c1ccc(Cl)c(Cl)c1. The number of halogens is 2. The third kappa shape index (κ3) is 2.67. The van der Waals surface area contributed by atoms with Gasteiger partial charge in [0.25, 0.3) is 0 Å². The van der Waals surface area contributed by atoms with Crippen LogP contribution in [0, 0.1) is 11.8 Å². The van der Waals surface area contributed by atoms with Crippen molar-refractivity contribution in [2.45, 2.75) is 31.7 Å². The molecule has 0 bridgehead atoms. The molecule has 1 aromatic carbocycles. The number of nitrogens with one attached hydrogen (secondary N) is 1. The van der Waals surface area contributed by atoms with Gasteiger partial charge in [0.05, 0.1) is 10.0 Å². The number of rotatable bonds is 3. The van der Waals surface area contributed by atoms with Crippen LogP contribution in [0.2, 0.25) is 10.0 Å². The summed E-state index contributed by atoms with van der Waals surface area (Å²) in [5.41, 5.74) is 0.664. The molecular weight excluding hydrogens is 281 g/mol. The molecule has 1 aliphatic carbocycles. The highest BCUT2D eigenvalue weighted by Gasteiger charge is 2.39. The van der Waals surface area contributed by atoms with E-state index in [2.05, 4.69) is 5.32 Å². The lowest BCUT2D eigenvalue weighted by atomic mass is 9.90. The minimum absolute atomic E-state index is 0.156. The molecule has 0 spiro atoms. The summed E-state index contributed by atoms with van der Waals surface area (Å²) in [6.45, 7) is 1.07. The predicted molar refractivity (Wildman–Crippen MR) is 78.0 cm³/mol. The summed E-state index contributed by atoms with van der Waals surface area (Å²) in [6.07, 6.45) is 4.46. The van der Waals surface area contributed by atoms with Crippen LogP contribution in [0.25, 0.3) is 0 Å². The Kier molecular flexibility index (Phi) is 3.84. The minimum Gasteiger partial charge on any atom is -0.313 e. The number of carbonyl (C=O) groups excluding carboxylic acids is 1. The molecule has 1 heterocycles. The van der Waals surface area contributed by atoms with Crippen molar-refractivity contribution in [2.75, 3.05) is 6.54 Å². The molecule has 2 nitrogen and oxygen atoms in total. The quantitative estimate of drug-likeness (QED) is 0.856. The molecule has 102 valence electrons. The standard InChI is InChI=1S/C15H17Cl2NO/c16-12-5-4-9(6-13(12)17)15(19)7-14-11-3-1-2-10(11)8-18-14/h4-6,10-11,14,18H,1-3,7-8H2. The summed E-state index contributed by atoms with van der Waals surface area (Å²) in [7, 11) is 0. The topological polar surface area (TPSA) is 29.1 Å². The van der Waals surface area contributed by atoms with Crippen LogP contribution in [0.4, 0.5) is 0 Å². The van der Waals surface area contributed by atoms with E-state index in [1.165, 1.54) is 19.3 Å². The van der Waals surface area contributed by atoms with Crippen molar-refractivity contribution in [1.82, 2.24) is 5.32 Å². The lowest BCUT2D eigenvalue weighted by Crippen LogP contribution is -2.29. The highest BCUT2D eigenvalue weighted by Crippen LogP contribution is 2.39. The maximum atomic E-state index is 12.3. The Morgan fingerprint density at radius 2 is 2.11 bits per heavy atom. The first-order chi connectivity index (χ1) is 9.15. The van der Waals surface area contributed by atoms with Gasteiger partial charge in [-0.3, -0.25) is 4.79 Å². The fourth-order valence-corrected chi connectivity index (χ4v) is 3.81. The van der Waals surface area contributed by atoms with E-state index < -0.39 is 0 Å². The zero-order valence-electron chi connectivity index (χ0n) is 10.7. The molecule has 1 N–H and O–H groups in total. The monoisotopic (exact) mass is 297 g/mol. The number of carbonyl (C=O) groups is 1. The molecule has 0 aromatic heterocycles. The molecule has 0 radical (unpaired) electrons. The molecule has 0 amide bonds. The van der Waals surface area contributed by atoms with E-state index in [9.17, 15) is 4.79 Å². The third-order valence-electron chi connectivity index (χ3n) is 4.52. The molecular formula is C15H17Cl2NO. The smallest absolute Gasteiger partial charge is 0.164 e. The molecule has 1 saturated carbocycles. The molecule has 19 heavy (non-hydrogen) atoms. The van der Waals surface area contributed by atoms with Gasteiger partial charge >= 0.3 is 0 Å². The zero-order valence-corrected chi connectivity index (χ0v) is 12.2. The highest BCUT2D eigenvalue weighted by molar-refractivity contribution is 6.42. The second-order valence-corrected chi connectivity index (χ2v) is 6.44. The largest absolute Gasteiger partial charge is 0.313 e. The molecule has 1 saturated heterocycles. The van der Waals surface area contributed by atoms with Crippen LogP contribution in [0.3, 0.4) is 0 Å². The van der Waals surface area contributed by atoms with E-state index in [0.717, 1.165) is 12.5 Å². The lowest BCUT2D eigenvalue weighted by molar-refractivity contribution is 0.0963. The van der Waals surface area contributed by atoms with Gasteiger partial charge in [0.1, 0.15) is 0 Å². The minimum atomic E-state index is 0.156. The Bertz CT molecular complexity index is 503. The van der Waals surface area contributed by atoms with Crippen LogP contribution < -0.4 is 5.32 Å². The first-order valence-corrected chi connectivity index (χ1v) is 7.62. The van der Waals surface area contributed by atoms with Crippen molar-refractivity contribution in [3.8, 4) is 0 Å². The third-order valence-corrected chi connectivity index (χ3v) is 5.26. The van der Waals surface area contributed by atoms with Crippen LogP contribution >= 0.6 is 23.2 Å². The number of ketones is 1. The maximum Gasteiger partial charge on any atom is 0.164 e. The number of hydrogen-bond donors (Lipinski definition) is 1. The molecule has 3 rings (SSSR count). The van der Waals surface area contributed by atoms with Crippen LogP contribution in [0.1, 0.15) is 36.0 Å².